The Balaban J connectivity index is 0.000000541. The average Bonchev–Trinajstić information content (AvgIpc) is 3.44. The lowest BCUT2D eigenvalue weighted by atomic mass is 10.1. The summed E-state index contributed by atoms with van der Waals surface area (Å²) in [5, 5.41) is 3.30. The molecule has 176 valence electrons. The number of halogens is 4. The minimum atomic E-state index is -4.54. The lowest BCUT2D eigenvalue weighted by molar-refractivity contribution is -0.137. The van der Waals surface area contributed by atoms with Crippen molar-refractivity contribution in [3.63, 3.8) is 0 Å². The highest BCUT2D eigenvalue weighted by Crippen LogP contribution is 2.37. The number of ether oxygens (including phenoxy) is 1. The van der Waals surface area contributed by atoms with Crippen LogP contribution in [0.25, 0.3) is 27.2 Å². The molecule has 1 aromatic heterocycles. The van der Waals surface area contributed by atoms with E-state index in [9.17, 15) is 13.2 Å². The second-order valence-corrected chi connectivity index (χ2v) is 8.19. The average molecular weight is 480 g/mol. The van der Waals surface area contributed by atoms with Crippen molar-refractivity contribution in [1.29, 1.82) is 0 Å². The Morgan fingerprint density at radius 1 is 1.21 bits per heavy atom. The number of imidazole rings is 1. The first-order chi connectivity index (χ1) is 15.7. The SMILES string of the molecule is C1CCOC1.CCc1nc2cc(C(F)(F)F)c(Cl)cc2n1-c1ccc(CC(C)N=[N+]=[N-])cc1. The van der Waals surface area contributed by atoms with Crippen molar-refractivity contribution >= 4 is 22.6 Å². The molecule has 1 aliphatic rings. The van der Waals surface area contributed by atoms with E-state index < -0.39 is 11.7 Å². The first-order valence-corrected chi connectivity index (χ1v) is 11.1. The number of nitrogens with zero attached hydrogens (tertiary/aromatic N) is 5. The predicted molar refractivity (Wildman–Crippen MR) is 123 cm³/mol. The fourth-order valence-electron chi connectivity index (χ4n) is 3.65. The van der Waals surface area contributed by atoms with Gasteiger partial charge in [-0.2, -0.15) is 13.2 Å². The number of fused-ring (bicyclic) bond motifs is 1. The van der Waals surface area contributed by atoms with Gasteiger partial charge in [-0.25, -0.2) is 4.98 Å². The second-order valence-electron chi connectivity index (χ2n) is 7.78. The van der Waals surface area contributed by atoms with Crippen molar-refractivity contribution in [1.82, 2.24) is 9.55 Å². The van der Waals surface area contributed by atoms with Crippen molar-refractivity contribution in [2.75, 3.05) is 13.2 Å². The summed E-state index contributed by atoms with van der Waals surface area (Å²) in [5.41, 5.74) is 10.1. The maximum atomic E-state index is 13.1. The topological polar surface area (TPSA) is 75.8 Å². The number of benzene rings is 2. The maximum Gasteiger partial charge on any atom is 0.417 e. The summed E-state index contributed by atoms with van der Waals surface area (Å²) in [6.45, 7) is 5.71. The van der Waals surface area contributed by atoms with Crippen LogP contribution in [0, 0.1) is 0 Å². The van der Waals surface area contributed by atoms with Gasteiger partial charge in [0.2, 0.25) is 0 Å². The molecule has 2 heterocycles. The molecular formula is C23H25ClF3N5O. The van der Waals surface area contributed by atoms with Gasteiger partial charge in [0.1, 0.15) is 5.82 Å². The molecule has 0 radical (unpaired) electrons. The normalized spacial score (nSPS) is 14.5. The van der Waals surface area contributed by atoms with Gasteiger partial charge in [-0.3, -0.25) is 4.57 Å². The fourth-order valence-corrected chi connectivity index (χ4v) is 3.92. The minimum Gasteiger partial charge on any atom is -0.381 e. The highest BCUT2D eigenvalue weighted by molar-refractivity contribution is 6.32. The maximum absolute atomic E-state index is 13.1. The quantitative estimate of drug-likeness (QED) is 0.219. The third-order valence-electron chi connectivity index (χ3n) is 5.24. The Hall–Kier alpha value is -2.74. The van der Waals surface area contributed by atoms with Crippen LogP contribution in [0.4, 0.5) is 13.2 Å². The van der Waals surface area contributed by atoms with Gasteiger partial charge in [0.25, 0.3) is 0 Å². The number of aryl methyl sites for hydroxylation is 1. The zero-order valence-corrected chi connectivity index (χ0v) is 19.2. The van der Waals surface area contributed by atoms with E-state index in [0.29, 0.717) is 24.2 Å². The van der Waals surface area contributed by atoms with Crippen LogP contribution < -0.4 is 0 Å². The molecule has 0 spiro atoms. The molecule has 1 saturated heterocycles. The van der Waals surface area contributed by atoms with Crippen LogP contribution in [0.3, 0.4) is 0 Å². The molecule has 33 heavy (non-hydrogen) atoms. The van der Waals surface area contributed by atoms with Gasteiger partial charge in [-0.05, 0) is 54.6 Å². The summed E-state index contributed by atoms with van der Waals surface area (Å²) in [5.74, 6) is 0.639. The molecular weight excluding hydrogens is 455 g/mol. The van der Waals surface area contributed by atoms with Crippen LogP contribution in [-0.2, 0) is 23.8 Å². The third kappa shape index (κ3) is 6.19. The molecule has 1 aliphatic heterocycles. The molecule has 0 aliphatic carbocycles. The van der Waals surface area contributed by atoms with E-state index >= 15 is 0 Å². The van der Waals surface area contributed by atoms with E-state index in [4.69, 9.17) is 21.9 Å². The van der Waals surface area contributed by atoms with E-state index in [1.807, 2.05) is 42.7 Å². The summed E-state index contributed by atoms with van der Waals surface area (Å²) < 4.78 is 46.2. The van der Waals surface area contributed by atoms with Crippen LogP contribution in [0.15, 0.2) is 41.5 Å². The first-order valence-electron chi connectivity index (χ1n) is 10.7. The zero-order valence-electron chi connectivity index (χ0n) is 18.4. The van der Waals surface area contributed by atoms with Gasteiger partial charge in [0.15, 0.2) is 0 Å². The lowest BCUT2D eigenvalue weighted by Crippen LogP contribution is -2.06. The van der Waals surface area contributed by atoms with Gasteiger partial charge in [0, 0.05) is 36.3 Å². The summed E-state index contributed by atoms with van der Waals surface area (Å²) in [7, 11) is 0. The molecule has 0 bridgehead atoms. The van der Waals surface area contributed by atoms with Crippen molar-refractivity contribution in [3.8, 4) is 5.69 Å². The molecule has 1 unspecified atom stereocenters. The smallest absolute Gasteiger partial charge is 0.381 e. The van der Waals surface area contributed by atoms with Crippen LogP contribution in [-0.4, -0.2) is 28.8 Å². The zero-order chi connectivity index (χ0) is 24.0. The van der Waals surface area contributed by atoms with E-state index in [2.05, 4.69) is 15.0 Å². The van der Waals surface area contributed by atoms with Gasteiger partial charge in [-0.15, -0.1) is 0 Å². The second kappa shape index (κ2) is 10.9. The number of hydrogen-bond acceptors (Lipinski definition) is 3. The summed E-state index contributed by atoms with van der Waals surface area (Å²) in [6.07, 6.45) is -0.842. The molecule has 6 nitrogen and oxygen atoms in total. The number of alkyl halides is 3. The molecule has 1 fully saturated rings. The molecule has 0 amide bonds. The Morgan fingerprint density at radius 2 is 1.88 bits per heavy atom. The van der Waals surface area contributed by atoms with E-state index in [1.165, 1.54) is 18.9 Å². The van der Waals surface area contributed by atoms with Crippen LogP contribution in [0.5, 0.6) is 0 Å². The molecule has 3 aromatic rings. The van der Waals surface area contributed by atoms with Crippen molar-refractivity contribution < 1.29 is 17.9 Å². The van der Waals surface area contributed by atoms with Crippen LogP contribution >= 0.6 is 11.6 Å². The highest BCUT2D eigenvalue weighted by Gasteiger charge is 2.34. The predicted octanol–water partition coefficient (Wildman–Crippen LogP) is 7.30. The molecule has 0 N–H and O–H groups in total. The van der Waals surface area contributed by atoms with E-state index in [-0.39, 0.29) is 16.6 Å². The van der Waals surface area contributed by atoms with E-state index in [1.54, 1.807) is 0 Å². The van der Waals surface area contributed by atoms with Crippen LogP contribution in [0.2, 0.25) is 5.02 Å². The molecule has 0 saturated carbocycles. The Kier molecular flexibility index (Phi) is 8.24. The monoisotopic (exact) mass is 479 g/mol. The molecule has 10 heteroatoms. The largest absolute Gasteiger partial charge is 0.417 e. The highest BCUT2D eigenvalue weighted by atomic mass is 35.5. The summed E-state index contributed by atoms with van der Waals surface area (Å²) >= 11 is 5.91. The first kappa shape index (κ1) is 24.9. The standard InChI is InChI=1S/C19H17ClF3N5.C4H8O/c1-3-18-25-16-9-14(19(21,22)23)15(20)10-17(16)28(18)13-6-4-12(5-7-13)8-11(2)26-27-24;1-2-4-5-3-1/h4-7,9-11H,3,8H2,1-2H3;1-4H2. The lowest BCUT2D eigenvalue weighted by Gasteiger charge is -2.12. The Labute approximate surface area is 195 Å². The number of azide groups is 1. The molecule has 4 rings (SSSR count). The van der Waals surface area contributed by atoms with Crippen molar-refractivity contribution in [2.24, 2.45) is 5.11 Å². The number of aromatic nitrogens is 2. The summed E-state index contributed by atoms with van der Waals surface area (Å²) in [6, 6.07) is 9.65. The van der Waals surface area contributed by atoms with Gasteiger partial charge in [-0.1, -0.05) is 42.7 Å². The number of hydrogen-bond donors (Lipinski definition) is 0. The fraction of sp³-hybridized carbons (Fsp3) is 0.435. The summed E-state index contributed by atoms with van der Waals surface area (Å²) in [4.78, 5) is 7.17. The Morgan fingerprint density at radius 3 is 2.39 bits per heavy atom. The number of rotatable bonds is 5. The van der Waals surface area contributed by atoms with E-state index in [0.717, 1.165) is 30.5 Å². The Bertz CT molecular complexity index is 1130. The van der Waals surface area contributed by atoms with Gasteiger partial charge < -0.3 is 4.74 Å². The third-order valence-corrected chi connectivity index (χ3v) is 5.55. The van der Waals surface area contributed by atoms with Crippen LogP contribution in [0.1, 0.15) is 43.6 Å². The molecule has 1 atom stereocenters. The van der Waals surface area contributed by atoms with Gasteiger partial charge in [0.05, 0.1) is 21.6 Å². The van der Waals surface area contributed by atoms with Crippen molar-refractivity contribution in [3.05, 3.63) is 68.8 Å². The minimum absolute atomic E-state index is 0.171. The molecule has 2 aromatic carbocycles. The van der Waals surface area contributed by atoms with Crippen molar-refractivity contribution in [2.45, 2.75) is 51.7 Å². The van der Waals surface area contributed by atoms with Gasteiger partial charge >= 0.3 is 6.18 Å².